The number of rotatable bonds is 10. The first-order valence-electron chi connectivity index (χ1n) is 11.4. The summed E-state index contributed by atoms with van der Waals surface area (Å²) in [6.45, 7) is 6.82. The standard InChI is InChI=1S/C26H35ClN2O3/c1-20-12-14-28(15-13-20)16-17-29(19-22-4-8-23(27)9-5-22)26(30)11-7-21-6-10-24(31-2)25(18-21)32-3/h4-6,8-10,18,20H,7,11-17,19H2,1-3H3. The molecule has 0 radical (unpaired) electrons. The van der Waals surface area contributed by atoms with Crippen molar-refractivity contribution in [3.63, 3.8) is 0 Å². The van der Waals surface area contributed by atoms with E-state index in [0.29, 0.717) is 35.9 Å². The SMILES string of the molecule is COc1ccc(CCC(=O)N(CCN2CCC(C)CC2)Cc2ccc(Cl)cc2)cc1OC. The van der Waals surface area contributed by atoms with E-state index in [1.807, 2.05) is 47.4 Å². The maximum atomic E-state index is 13.2. The van der Waals surface area contributed by atoms with Crippen molar-refractivity contribution >= 4 is 17.5 Å². The van der Waals surface area contributed by atoms with Crippen LogP contribution < -0.4 is 9.47 Å². The van der Waals surface area contributed by atoms with E-state index in [1.165, 1.54) is 12.8 Å². The molecule has 0 saturated carbocycles. The Balaban J connectivity index is 1.62. The molecule has 32 heavy (non-hydrogen) atoms. The molecule has 0 aliphatic carbocycles. The second kappa shape index (κ2) is 12.1. The average Bonchev–Trinajstić information content (AvgIpc) is 2.82. The number of carbonyl (C=O) groups is 1. The van der Waals surface area contributed by atoms with Crippen LogP contribution in [0.5, 0.6) is 11.5 Å². The first-order valence-corrected chi connectivity index (χ1v) is 11.8. The number of amides is 1. The second-order valence-corrected chi connectivity index (χ2v) is 9.09. The summed E-state index contributed by atoms with van der Waals surface area (Å²) in [6, 6.07) is 13.6. The van der Waals surface area contributed by atoms with Gasteiger partial charge in [-0.05, 0) is 73.7 Å². The number of halogens is 1. The van der Waals surface area contributed by atoms with Crippen LogP contribution in [0.2, 0.25) is 5.02 Å². The fraction of sp³-hybridized carbons (Fsp3) is 0.500. The van der Waals surface area contributed by atoms with Crippen LogP contribution in [0.3, 0.4) is 0 Å². The molecule has 5 nitrogen and oxygen atoms in total. The van der Waals surface area contributed by atoms with Gasteiger partial charge in [0.1, 0.15) is 0 Å². The van der Waals surface area contributed by atoms with Crippen molar-refractivity contribution in [1.82, 2.24) is 9.80 Å². The van der Waals surface area contributed by atoms with Gasteiger partial charge in [-0.1, -0.05) is 36.7 Å². The molecule has 6 heteroatoms. The molecule has 0 aromatic heterocycles. The molecule has 1 fully saturated rings. The van der Waals surface area contributed by atoms with Crippen LogP contribution in [0.4, 0.5) is 0 Å². The topological polar surface area (TPSA) is 42.0 Å². The average molecular weight is 459 g/mol. The van der Waals surface area contributed by atoms with Crippen LogP contribution in [0.15, 0.2) is 42.5 Å². The highest BCUT2D eigenvalue weighted by Gasteiger charge is 2.19. The van der Waals surface area contributed by atoms with Crippen LogP contribution in [0, 0.1) is 5.92 Å². The Bertz CT molecular complexity index is 864. The van der Waals surface area contributed by atoms with E-state index in [2.05, 4.69) is 11.8 Å². The summed E-state index contributed by atoms with van der Waals surface area (Å²) in [7, 11) is 3.25. The van der Waals surface area contributed by atoms with E-state index in [-0.39, 0.29) is 5.91 Å². The number of hydrogen-bond donors (Lipinski definition) is 0. The first kappa shape index (κ1) is 24.4. The number of likely N-dealkylation sites (tertiary alicyclic amines) is 1. The minimum atomic E-state index is 0.167. The number of benzene rings is 2. The number of nitrogens with zero attached hydrogens (tertiary/aromatic N) is 2. The van der Waals surface area contributed by atoms with Gasteiger partial charge in [-0.25, -0.2) is 0 Å². The number of aryl methyl sites for hydroxylation is 1. The van der Waals surface area contributed by atoms with E-state index in [4.69, 9.17) is 21.1 Å². The van der Waals surface area contributed by atoms with Crippen molar-refractivity contribution in [2.75, 3.05) is 40.4 Å². The predicted octanol–water partition coefficient (Wildman–Crippen LogP) is 5.05. The largest absolute Gasteiger partial charge is 0.493 e. The van der Waals surface area contributed by atoms with E-state index >= 15 is 0 Å². The monoisotopic (exact) mass is 458 g/mol. The van der Waals surface area contributed by atoms with E-state index in [0.717, 1.165) is 43.2 Å². The van der Waals surface area contributed by atoms with Gasteiger partial charge in [0.15, 0.2) is 11.5 Å². The number of piperidine rings is 1. The van der Waals surface area contributed by atoms with Gasteiger partial charge in [0.25, 0.3) is 0 Å². The van der Waals surface area contributed by atoms with Gasteiger partial charge in [-0.2, -0.15) is 0 Å². The number of ether oxygens (including phenoxy) is 2. The maximum absolute atomic E-state index is 13.2. The third kappa shape index (κ3) is 7.14. The van der Waals surface area contributed by atoms with Gasteiger partial charge in [0.05, 0.1) is 14.2 Å². The molecule has 1 aliphatic rings. The minimum absolute atomic E-state index is 0.167. The zero-order valence-corrected chi connectivity index (χ0v) is 20.2. The maximum Gasteiger partial charge on any atom is 0.223 e. The molecule has 174 valence electrons. The third-order valence-electron chi connectivity index (χ3n) is 6.28. The van der Waals surface area contributed by atoms with Gasteiger partial charge in [0, 0.05) is 31.1 Å². The highest BCUT2D eigenvalue weighted by atomic mass is 35.5. The molecule has 1 amide bonds. The molecular formula is C26H35ClN2O3. The lowest BCUT2D eigenvalue weighted by molar-refractivity contribution is -0.132. The molecule has 3 rings (SSSR count). The normalized spacial score (nSPS) is 14.9. The van der Waals surface area contributed by atoms with Crippen LogP contribution in [-0.4, -0.2) is 56.1 Å². The lowest BCUT2D eigenvalue weighted by Crippen LogP contribution is -2.41. The van der Waals surface area contributed by atoms with E-state index in [9.17, 15) is 4.79 Å². The minimum Gasteiger partial charge on any atom is -0.493 e. The molecule has 1 aliphatic heterocycles. The molecule has 2 aromatic rings. The Morgan fingerprint density at radius 1 is 1.03 bits per heavy atom. The lowest BCUT2D eigenvalue weighted by atomic mass is 9.99. The zero-order chi connectivity index (χ0) is 22.9. The number of methoxy groups -OCH3 is 2. The fourth-order valence-electron chi connectivity index (χ4n) is 4.10. The van der Waals surface area contributed by atoms with Gasteiger partial charge in [-0.3, -0.25) is 4.79 Å². The summed E-state index contributed by atoms with van der Waals surface area (Å²) < 4.78 is 10.7. The van der Waals surface area contributed by atoms with E-state index < -0.39 is 0 Å². The molecule has 1 heterocycles. The van der Waals surface area contributed by atoms with Crippen molar-refractivity contribution in [1.29, 1.82) is 0 Å². The van der Waals surface area contributed by atoms with Crippen molar-refractivity contribution in [3.05, 3.63) is 58.6 Å². The zero-order valence-electron chi connectivity index (χ0n) is 19.5. The quantitative estimate of drug-likeness (QED) is 0.499. The molecule has 0 atom stereocenters. The molecule has 0 N–H and O–H groups in total. The highest BCUT2D eigenvalue weighted by molar-refractivity contribution is 6.30. The van der Waals surface area contributed by atoms with Crippen LogP contribution in [0.25, 0.3) is 0 Å². The van der Waals surface area contributed by atoms with Gasteiger partial charge >= 0.3 is 0 Å². The fourth-order valence-corrected chi connectivity index (χ4v) is 4.22. The molecule has 0 unspecified atom stereocenters. The van der Waals surface area contributed by atoms with Crippen molar-refractivity contribution in [2.24, 2.45) is 5.92 Å². The molecule has 2 aromatic carbocycles. The number of hydrogen-bond acceptors (Lipinski definition) is 4. The van der Waals surface area contributed by atoms with Gasteiger partial charge in [0.2, 0.25) is 5.91 Å². The van der Waals surface area contributed by atoms with Crippen molar-refractivity contribution in [2.45, 2.75) is 39.2 Å². The van der Waals surface area contributed by atoms with Crippen LogP contribution >= 0.6 is 11.6 Å². The third-order valence-corrected chi connectivity index (χ3v) is 6.53. The Morgan fingerprint density at radius 2 is 1.69 bits per heavy atom. The highest BCUT2D eigenvalue weighted by Crippen LogP contribution is 2.28. The Hall–Kier alpha value is -2.24. The summed E-state index contributed by atoms with van der Waals surface area (Å²) in [5.41, 5.74) is 2.16. The second-order valence-electron chi connectivity index (χ2n) is 8.66. The van der Waals surface area contributed by atoms with Crippen LogP contribution in [-0.2, 0) is 17.8 Å². The summed E-state index contributed by atoms with van der Waals surface area (Å²) in [5, 5.41) is 0.711. The van der Waals surface area contributed by atoms with Gasteiger partial charge < -0.3 is 19.3 Å². The summed E-state index contributed by atoms with van der Waals surface area (Å²) >= 11 is 6.04. The summed E-state index contributed by atoms with van der Waals surface area (Å²) in [5.74, 6) is 2.36. The molecule has 0 spiro atoms. The summed E-state index contributed by atoms with van der Waals surface area (Å²) in [4.78, 5) is 17.7. The smallest absolute Gasteiger partial charge is 0.223 e. The summed E-state index contributed by atoms with van der Waals surface area (Å²) in [6.07, 6.45) is 3.60. The van der Waals surface area contributed by atoms with Gasteiger partial charge in [-0.15, -0.1) is 0 Å². The predicted molar refractivity (Wildman–Crippen MR) is 130 cm³/mol. The Labute approximate surface area is 197 Å². The first-order chi connectivity index (χ1) is 15.5. The molecular weight excluding hydrogens is 424 g/mol. The number of carbonyl (C=O) groups excluding carboxylic acids is 1. The molecule has 0 bridgehead atoms. The lowest BCUT2D eigenvalue weighted by Gasteiger charge is -2.32. The van der Waals surface area contributed by atoms with Crippen molar-refractivity contribution in [3.8, 4) is 11.5 Å². The van der Waals surface area contributed by atoms with E-state index in [1.54, 1.807) is 14.2 Å². The Kier molecular flexibility index (Phi) is 9.24. The Morgan fingerprint density at radius 3 is 2.34 bits per heavy atom. The van der Waals surface area contributed by atoms with Crippen molar-refractivity contribution < 1.29 is 14.3 Å². The molecule has 1 saturated heterocycles. The van der Waals surface area contributed by atoms with Crippen LogP contribution in [0.1, 0.15) is 37.3 Å².